The van der Waals surface area contributed by atoms with E-state index in [-0.39, 0.29) is 24.1 Å². The van der Waals surface area contributed by atoms with Gasteiger partial charge in [-0.05, 0) is 36.4 Å². The first kappa shape index (κ1) is 21.0. The van der Waals surface area contributed by atoms with Crippen LogP contribution in [0.3, 0.4) is 0 Å². The Hall–Kier alpha value is -4.21. The zero-order valence-electron chi connectivity index (χ0n) is 17.5. The van der Waals surface area contributed by atoms with Gasteiger partial charge in [0.25, 0.3) is 0 Å². The summed E-state index contributed by atoms with van der Waals surface area (Å²) in [4.78, 5) is 53.3. The summed E-state index contributed by atoms with van der Waals surface area (Å²) in [5.41, 5.74) is 2.47. The molecule has 1 saturated heterocycles. The molecule has 0 radical (unpaired) electrons. The van der Waals surface area contributed by atoms with Crippen LogP contribution in [0, 0.1) is 0 Å². The van der Waals surface area contributed by atoms with Crippen molar-refractivity contribution < 1.29 is 23.9 Å². The minimum absolute atomic E-state index is 0.195. The summed E-state index contributed by atoms with van der Waals surface area (Å²) >= 11 is 0. The van der Waals surface area contributed by atoms with Crippen LogP contribution in [0.4, 0.5) is 16.2 Å². The van der Waals surface area contributed by atoms with Crippen molar-refractivity contribution in [3.05, 3.63) is 60.0 Å². The summed E-state index contributed by atoms with van der Waals surface area (Å²) in [6.45, 7) is 3.34. The molecule has 1 atom stereocenters. The van der Waals surface area contributed by atoms with E-state index in [1.165, 1.54) is 24.9 Å². The average Bonchev–Trinajstić information content (AvgIpc) is 3.34. The molecule has 32 heavy (non-hydrogen) atoms. The first-order valence-electron chi connectivity index (χ1n) is 9.94. The Kier molecular flexibility index (Phi) is 5.59. The summed E-state index contributed by atoms with van der Waals surface area (Å²) < 4.78 is 6.88. The lowest BCUT2D eigenvalue weighted by Gasteiger charge is -2.13. The second-order valence-corrected chi connectivity index (χ2v) is 7.40. The van der Waals surface area contributed by atoms with Crippen LogP contribution in [0.1, 0.15) is 29.9 Å². The van der Waals surface area contributed by atoms with Crippen LogP contribution in [0.25, 0.3) is 5.65 Å². The van der Waals surface area contributed by atoms with Crippen molar-refractivity contribution in [2.24, 2.45) is 0 Å². The molecule has 164 valence electrons. The van der Waals surface area contributed by atoms with Gasteiger partial charge in [0.15, 0.2) is 0 Å². The number of benzene rings is 1. The number of cyclic esters (lactones) is 1. The lowest BCUT2D eigenvalue weighted by molar-refractivity contribution is -0.119. The van der Waals surface area contributed by atoms with Gasteiger partial charge in [0.2, 0.25) is 17.6 Å². The predicted molar refractivity (Wildman–Crippen MR) is 116 cm³/mol. The monoisotopic (exact) mass is 435 g/mol. The highest BCUT2D eigenvalue weighted by Crippen LogP contribution is 2.23. The number of aromatic nitrogens is 2. The average molecular weight is 435 g/mol. The number of nitrogens with zero attached hydrogens (tertiary/aromatic N) is 3. The molecule has 0 saturated carbocycles. The van der Waals surface area contributed by atoms with Gasteiger partial charge < -0.3 is 15.4 Å². The number of imidazole rings is 1. The summed E-state index contributed by atoms with van der Waals surface area (Å²) in [6.07, 6.45) is 2.17. The second kappa shape index (κ2) is 8.50. The molecule has 0 bridgehead atoms. The Labute approximate surface area is 183 Å². The van der Waals surface area contributed by atoms with Crippen LogP contribution < -0.4 is 15.5 Å². The Morgan fingerprint density at radius 1 is 1.09 bits per heavy atom. The summed E-state index contributed by atoms with van der Waals surface area (Å²) in [5.74, 6) is -0.664. The number of ether oxygens (including phenoxy) is 1. The van der Waals surface area contributed by atoms with E-state index in [1.807, 2.05) is 0 Å². The van der Waals surface area contributed by atoms with E-state index in [2.05, 4.69) is 15.6 Å². The molecule has 0 unspecified atom stereocenters. The van der Waals surface area contributed by atoms with Gasteiger partial charge in [0.1, 0.15) is 17.4 Å². The van der Waals surface area contributed by atoms with Gasteiger partial charge in [-0.3, -0.25) is 23.7 Å². The maximum Gasteiger partial charge on any atom is 0.414 e. The maximum atomic E-state index is 13.1. The van der Waals surface area contributed by atoms with Gasteiger partial charge in [-0.2, -0.15) is 0 Å². The molecular weight excluding hydrogens is 414 g/mol. The molecule has 1 aliphatic heterocycles. The number of carbonyl (C=O) groups is 4. The molecule has 0 aliphatic carbocycles. The molecule has 2 N–H and O–H groups in total. The molecule has 2 aromatic heterocycles. The number of hydrogen-bond donors (Lipinski definition) is 2. The number of rotatable bonds is 6. The Morgan fingerprint density at radius 2 is 1.84 bits per heavy atom. The van der Waals surface area contributed by atoms with Gasteiger partial charge in [0, 0.05) is 31.3 Å². The van der Waals surface area contributed by atoms with Crippen molar-refractivity contribution in [3.63, 3.8) is 0 Å². The van der Waals surface area contributed by atoms with E-state index in [1.54, 1.807) is 47.0 Å². The first-order valence-corrected chi connectivity index (χ1v) is 9.94. The number of nitrogens with one attached hydrogen (secondary N) is 2. The van der Waals surface area contributed by atoms with Crippen LogP contribution in [-0.2, 0) is 14.3 Å². The highest BCUT2D eigenvalue weighted by Gasteiger charge is 2.32. The maximum absolute atomic E-state index is 13.1. The van der Waals surface area contributed by atoms with E-state index in [0.717, 1.165) is 0 Å². The fourth-order valence-corrected chi connectivity index (χ4v) is 3.46. The fraction of sp³-hybridized carbons (Fsp3) is 0.227. The number of carbonyl (C=O) groups excluding carboxylic acids is 4. The van der Waals surface area contributed by atoms with Gasteiger partial charge >= 0.3 is 6.09 Å². The van der Waals surface area contributed by atoms with Crippen LogP contribution >= 0.6 is 0 Å². The number of fused-ring (bicyclic) bond motifs is 1. The predicted octanol–water partition coefficient (Wildman–Crippen LogP) is 1.98. The number of amides is 3. The molecule has 10 heteroatoms. The zero-order valence-corrected chi connectivity index (χ0v) is 17.5. The Bertz CT molecular complexity index is 1220. The van der Waals surface area contributed by atoms with Gasteiger partial charge in [-0.25, -0.2) is 9.78 Å². The topological polar surface area (TPSA) is 122 Å². The van der Waals surface area contributed by atoms with Crippen LogP contribution in [-0.4, -0.2) is 52.3 Å². The van der Waals surface area contributed by atoms with Crippen molar-refractivity contribution in [1.82, 2.24) is 14.7 Å². The second-order valence-electron chi connectivity index (χ2n) is 7.40. The van der Waals surface area contributed by atoms with E-state index in [4.69, 9.17) is 4.74 Å². The molecular formula is C22H21N5O5. The Balaban J connectivity index is 1.52. The van der Waals surface area contributed by atoms with Crippen LogP contribution in [0.15, 0.2) is 48.8 Å². The number of pyridine rings is 1. The van der Waals surface area contributed by atoms with E-state index >= 15 is 0 Å². The zero-order chi connectivity index (χ0) is 22.8. The third-order valence-electron chi connectivity index (χ3n) is 4.95. The quantitative estimate of drug-likeness (QED) is 0.571. The molecule has 1 aliphatic rings. The van der Waals surface area contributed by atoms with E-state index in [9.17, 15) is 19.2 Å². The lowest BCUT2D eigenvalue weighted by atomic mass is 10.1. The summed E-state index contributed by atoms with van der Waals surface area (Å²) in [5, 5.41) is 5.31. The molecule has 3 heterocycles. The lowest BCUT2D eigenvalue weighted by Crippen LogP contribution is -2.33. The summed E-state index contributed by atoms with van der Waals surface area (Å²) in [6, 6.07) is 10.0. The van der Waals surface area contributed by atoms with Gasteiger partial charge in [-0.1, -0.05) is 0 Å². The highest BCUT2D eigenvalue weighted by molar-refractivity contribution is 6.08. The standard InChI is InChI=1S/C22H21N5O5/c1-13(28)23-9-18-12-26(22(31)32-18)17-6-3-15(4-7-17)21(30)19-10-24-20-8-5-16(11-27(19)20)25-14(2)29/h3-8,10-11,18H,9,12H2,1-2H3,(H,23,28)(H,25,29)/t18-/m0/s1. The number of ketones is 1. The first-order chi connectivity index (χ1) is 15.3. The van der Waals surface area contributed by atoms with Crippen LogP contribution in [0.2, 0.25) is 0 Å². The van der Waals surface area contributed by atoms with Crippen LogP contribution in [0.5, 0.6) is 0 Å². The molecule has 3 amide bonds. The largest absolute Gasteiger partial charge is 0.442 e. The SMILES string of the molecule is CC(=O)NC[C@H]1CN(c2ccc(C(=O)c3cnc4ccc(NC(C)=O)cn34)cc2)C(=O)O1. The number of hydrogen-bond acceptors (Lipinski definition) is 6. The third-order valence-corrected chi connectivity index (χ3v) is 4.95. The van der Waals surface area contributed by atoms with Gasteiger partial charge in [-0.15, -0.1) is 0 Å². The number of anilines is 2. The van der Waals surface area contributed by atoms with Crippen molar-refractivity contribution in [1.29, 1.82) is 0 Å². The van der Waals surface area contributed by atoms with Crippen molar-refractivity contribution in [3.8, 4) is 0 Å². The molecule has 10 nitrogen and oxygen atoms in total. The summed E-state index contributed by atoms with van der Waals surface area (Å²) in [7, 11) is 0. The Morgan fingerprint density at radius 3 is 2.53 bits per heavy atom. The third kappa shape index (κ3) is 4.29. The minimum atomic E-state index is -0.508. The molecule has 1 fully saturated rings. The van der Waals surface area contributed by atoms with E-state index in [0.29, 0.717) is 34.8 Å². The highest BCUT2D eigenvalue weighted by atomic mass is 16.6. The molecule has 0 spiro atoms. The van der Waals surface area contributed by atoms with Crippen molar-refractivity contribution in [2.75, 3.05) is 23.3 Å². The van der Waals surface area contributed by atoms with E-state index < -0.39 is 12.2 Å². The van der Waals surface area contributed by atoms with Gasteiger partial charge in [0.05, 0.1) is 25.0 Å². The molecule has 4 rings (SSSR count). The molecule has 3 aromatic rings. The smallest absolute Gasteiger partial charge is 0.414 e. The minimum Gasteiger partial charge on any atom is -0.442 e. The van der Waals surface area contributed by atoms with Crippen molar-refractivity contribution >= 4 is 40.7 Å². The fourth-order valence-electron chi connectivity index (χ4n) is 3.46. The van der Waals surface area contributed by atoms with Crippen molar-refractivity contribution in [2.45, 2.75) is 20.0 Å². The normalized spacial score (nSPS) is 15.5. The molecule has 1 aromatic carbocycles.